The molecule has 8 nitrogen and oxygen atoms in total. The van der Waals surface area contributed by atoms with Crippen molar-refractivity contribution in [1.29, 1.82) is 0 Å². The Hall–Kier alpha value is -2.47. The fraction of sp³-hybridized carbons (Fsp3) is 0.286. The number of imidazole rings is 1. The fourth-order valence-corrected chi connectivity index (χ4v) is 5.84. The maximum absolute atomic E-state index is 12.5. The molecule has 0 saturated carbocycles. The van der Waals surface area contributed by atoms with Crippen LogP contribution in [0.15, 0.2) is 57.8 Å². The maximum atomic E-state index is 12.5. The average Bonchev–Trinajstić information content (AvgIpc) is 3.37. The van der Waals surface area contributed by atoms with Crippen LogP contribution >= 0.6 is 23.1 Å². The molecule has 11 heteroatoms. The minimum Gasteiger partial charge on any atom is -0.330 e. The number of thioether (sulfide) groups is 1. The van der Waals surface area contributed by atoms with Crippen molar-refractivity contribution in [1.82, 2.24) is 24.1 Å². The highest BCUT2D eigenvalue weighted by Crippen LogP contribution is 2.31. The Morgan fingerprint density at radius 3 is 2.62 bits per heavy atom. The molecule has 1 N–H and O–H groups in total. The van der Waals surface area contributed by atoms with Gasteiger partial charge in [-0.3, -0.25) is 0 Å². The Morgan fingerprint density at radius 2 is 1.91 bits per heavy atom. The minimum absolute atomic E-state index is 0.246. The van der Waals surface area contributed by atoms with E-state index in [0.717, 1.165) is 39.5 Å². The number of fused-ring (bicyclic) bond motifs is 1. The number of nitrogens with one attached hydrogen (secondary N) is 1. The highest BCUT2D eigenvalue weighted by Gasteiger charge is 2.20. The van der Waals surface area contributed by atoms with Crippen LogP contribution in [0.3, 0.4) is 0 Å². The van der Waals surface area contributed by atoms with E-state index in [9.17, 15) is 8.42 Å². The highest BCUT2D eigenvalue weighted by molar-refractivity contribution is 8.00. The zero-order chi connectivity index (χ0) is 22.7. The van der Waals surface area contributed by atoms with E-state index in [1.54, 1.807) is 23.9 Å². The molecule has 0 radical (unpaired) electrons. The molecule has 0 atom stereocenters. The Bertz CT molecular complexity index is 1320. The number of hydrogen-bond donors (Lipinski definition) is 1. The second-order valence-electron chi connectivity index (χ2n) is 7.27. The summed E-state index contributed by atoms with van der Waals surface area (Å²) in [4.78, 5) is 5.00. The van der Waals surface area contributed by atoms with Crippen molar-refractivity contribution in [3.05, 3.63) is 54.4 Å². The van der Waals surface area contributed by atoms with Gasteiger partial charge in [0.25, 0.3) is 0 Å². The number of rotatable bonds is 9. The van der Waals surface area contributed by atoms with E-state index in [1.165, 1.54) is 29.7 Å². The monoisotopic (exact) mass is 488 g/mol. The third-order valence-corrected chi connectivity index (χ3v) is 8.56. The minimum atomic E-state index is -3.51. The number of aryl methyl sites for hydroxylation is 1. The van der Waals surface area contributed by atoms with E-state index in [2.05, 4.69) is 27.0 Å². The molecule has 0 aliphatic heterocycles. The molecule has 0 unspecified atom stereocenters. The van der Waals surface area contributed by atoms with Crippen molar-refractivity contribution >= 4 is 55.0 Å². The molecule has 0 saturated heterocycles. The van der Waals surface area contributed by atoms with Gasteiger partial charge in [-0.25, -0.2) is 17.7 Å². The summed E-state index contributed by atoms with van der Waals surface area (Å²) in [6.07, 6.45) is 0.949. The molecule has 0 amide bonds. The van der Waals surface area contributed by atoms with Gasteiger partial charge in [0.2, 0.25) is 15.2 Å². The van der Waals surface area contributed by atoms with E-state index in [4.69, 9.17) is 4.98 Å². The van der Waals surface area contributed by atoms with Gasteiger partial charge in [0.15, 0.2) is 4.34 Å². The van der Waals surface area contributed by atoms with Crippen molar-refractivity contribution in [3.63, 3.8) is 0 Å². The summed E-state index contributed by atoms with van der Waals surface area (Å²) < 4.78 is 29.2. The predicted octanol–water partition coefficient (Wildman–Crippen LogP) is 4.58. The normalized spacial score (nSPS) is 12.0. The van der Waals surface area contributed by atoms with Crippen LogP contribution in [0.2, 0.25) is 0 Å². The van der Waals surface area contributed by atoms with Gasteiger partial charge < -0.3 is 9.88 Å². The molecule has 4 aromatic rings. The lowest BCUT2D eigenvalue weighted by atomic mass is 10.3. The zero-order valence-corrected chi connectivity index (χ0v) is 20.5. The van der Waals surface area contributed by atoms with Crippen LogP contribution in [-0.2, 0) is 22.3 Å². The van der Waals surface area contributed by atoms with Gasteiger partial charge in [0, 0.05) is 26.3 Å². The van der Waals surface area contributed by atoms with E-state index >= 15 is 0 Å². The summed E-state index contributed by atoms with van der Waals surface area (Å²) in [5, 5.41) is 12.5. The van der Waals surface area contributed by atoms with Gasteiger partial charge in [-0.2, -0.15) is 0 Å². The summed E-state index contributed by atoms with van der Waals surface area (Å²) in [5.41, 5.74) is 2.58. The lowest BCUT2D eigenvalue weighted by Gasteiger charge is -2.11. The SMILES string of the molecule is CCCn1c(CSc2nnc(Nc3ccccc3)s2)nc2cc(S(=O)(=O)N(C)C)ccc21. The molecule has 168 valence electrons. The number of hydrogen-bond acceptors (Lipinski definition) is 8. The van der Waals surface area contributed by atoms with Gasteiger partial charge in [0.1, 0.15) is 5.82 Å². The van der Waals surface area contributed by atoms with Crippen molar-refractivity contribution in [3.8, 4) is 0 Å². The third kappa shape index (κ3) is 4.80. The standard InChI is InChI=1S/C21H24N6O2S3/c1-4-12-27-18-11-10-16(32(28,29)26(2)3)13-17(18)23-19(27)14-30-21-25-24-20(31-21)22-15-8-6-5-7-9-15/h5-11,13H,4,12,14H2,1-3H3,(H,22,24). The number of benzene rings is 2. The van der Waals surface area contributed by atoms with E-state index in [1.807, 2.05) is 36.4 Å². The van der Waals surface area contributed by atoms with E-state index < -0.39 is 10.0 Å². The molecule has 4 rings (SSSR count). The lowest BCUT2D eigenvalue weighted by molar-refractivity contribution is 0.521. The first kappa shape index (κ1) is 22.7. The molecular weight excluding hydrogens is 464 g/mol. The summed E-state index contributed by atoms with van der Waals surface area (Å²) >= 11 is 3.06. The maximum Gasteiger partial charge on any atom is 0.242 e. The number of para-hydroxylation sites is 1. The smallest absolute Gasteiger partial charge is 0.242 e. The number of aromatic nitrogens is 4. The van der Waals surface area contributed by atoms with Crippen LogP contribution in [0.1, 0.15) is 19.2 Å². The summed E-state index contributed by atoms with van der Waals surface area (Å²) in [5.74, 6) is 1.50. The molecule has 0 aliphatic carbocycles. The van der Waals surface area contributed by atoms with Gasteiger partial charge in [-0.15, -0.1) is 10.2 Å². The van der Waals surface area contributed by atoms with Crippen molar-refractivity contribution in [2.24, 2.45) is 0 Å². The molecule has 0 spiro atoms. The summed E-state index contributed by atoms with van der Waals surface area (Å²) in [6.45, 7) is 2.92. The number of sulfonamides is 1. The quantitative estimate of drug-likeness (QED) is 0.345. The van der Waals surface area contributed by atoms with Gasteiger partial charge in [-0.05, 0) is 36.8 Å². The van der Waals surface area contributed by atoms with Crippen LogP contribution in [0.4, 0.5) is 10.8 Å². The van der Waals surface area contributed by atoms with E-state index in [0.29, 0.717) is 11.3 Å². The van der Waals surface area contributed by atoms with Crippen LogP contribution in [0.25, 0.3) is 11.0 Å². The lowest BCUT2D eigenvalue weighted by Crippen LogP contribution is -2.22. The van der Waals surface area contributed by atoms with Crippen molar-refractivity contribution < 1.29 is 8.42 Å². The fourth-order valence-electron chi connectivity index (χ4n) is 3.20. The van der Waals surface area contributed by atoms with E-state index in [-0.39, 0.29) is 4.90 Å². The first-order valence-corrected chi connectivity index (χ1v) is 13.3. The Kier molecular flexibility index (Phi) is 6.79. The number of nitrogens with zero attached hydrogens (tertiary/aromatic N) is 5. The third-order valence-electron chi connectivity index (χ3n) is 4.78. The second kappa shape index (κ2) is 9.57. The number of anilines is 2. The Morgan fingerprint density at radius 1 is 1.12 bits per heavy atom. The van der Waals surface area contributed by atoms with Crippen molar-refractivity contribution in [2.75, 3.05) is 19.4 Å². The van der Waals surface area contributed by atoms with Crippen LogP contribution < -0.4 is 5.32 Å². The van der Waals surface area contributed by atoms with Gasteiger partial charge in [0.05, 0.1) is 21.7 Å². The molecule has 2 aromatic heterocycles. The van der Waals surface area contributed by atoms with Crippen LogP contribution in [0.5, 0.6) is 0 Å². The van der Waals surface area contributed by atoms with Gasteiger partial charge >= 0.3 is 0 Å². The van der Waals surface area contributed by atoms with Gasteiger partial charge in [-0.1, -0.05) is 48.2 Å². The molecule has 32 heavy (non-hydrogen) atoms. The molecule has 0 aliphatic rings. The summed E-state index contributed by atoms with van der Waals surface area (Å²) in [7, 11) is -0.451. The Balaban J connectivity index is 1.55. The summed E-state index contributed by atoms with van der Waals surface area (Å²) in [6, 6.07) is 15.0. The Labute approximate surface area is 195 Å². The van der Waals surface area contributed by atoms with Crippen molar-refractivity contribution in [2.45, 2.75) is 34.9 Å². The molecule has 0 fully saturated rings. The van der Waals surface area contributed by atoms with Crippen LogP contribution in [-0.4, -0.2) is 46.6 Å². The second-order valence-corrected chi connectivity index (χ2v) is 11.6. The van der Waals surface area contributed by atoms with Crippen LogP contribution in [0, 0.1) is 0 Å². The molecule has 0 bridgehead atoms. The average molecular weight is 489 g/mol. The molecule has 2 heterocycles. The molecular formula is C21H24N6O2S3. The zero-order valence-electron chi connectivity index (χ0n) is 18.0. The largest absolute Gasteiger partial charge is 0.330 e. The molecule has 2 aromatic carbocycles. The first-order chi connectivity index (χ1) is 15.4. The topological polar surface area (TPSA) is 93.0 Å². The predicted molar refractivity (Wildman–Crippen MR) is 130 cm³/mol. The first-order valence-electron chi connectivity index (χ1n) is 10.1. The highest BCUT2D eigenvalue weighted by atomic mass is 32.2.